The van der Waals surface area contributed by atoms with Crippen molar-refractivity contribution in [3.8, 4) is 11.5 Å². The Balaban J connectivity index is 2.01. The normalized spacial score (nSPS) is 13.6. The fourth-order valence-electron chi connectivity index (χ4n) is 5.31. The Hall–Kier alpha value is -4.07. The Bertz CT molecular complexity index is 1420. The standard InChI is InChI=1S/C37H48O8/c1-7-9-11-15-27(44-36(40)24(3)4)22-42-33-29-17-13-14-18-30(29)34(32-21-26(35(38)39)19-20-31(32)33)43-23-28(16-12-10-8-2)45-37(41)25(5)6/h13-14,17-19,27-28H,3,5,7-12,15-16,20-23H2,1-2,4,6H3,(H,38,39). The van der Waals surface area contributed by atoms with Crippen LogP contribution in [0.4, 0.5) is 0 Å². The second-order valence-electron chi connectivity index (χ2n) is 11.8. The average Bonchev–Trinajstić information content (AvgIpc) is 3.01. The first-order valence-corrected chi connectivity index (χ1v) is 16.0. The molecule has 0 spiro atoms. The van der Waals surface area contributed by atoms with Crippen molar-refractivity contribution in [2.75, 3.05) is 13.2 Å². The number of benzene rings is 2. The first kappa shape index (κ1) is 35.4. The number of allylic oxidation sites excluding steroid dienone is 1. The number of esters is 2. The molecule has 1 N–H and O–H groups in total. The molecule has 2 atom stereocenters. The number of carbonyl (C=O) groups is 3. The summed E-state index contributed by atoms with van der Waals surface area (Å²) in [7, 11) is 0. The van der Waals surface area contributed by atoms with Gasteiger partial charge in [0, 0.05) is 45.0 Å². The van der Waals surface area contributed by atoms with Crippen LogP contribution >= 0.6 is 0 Å². The maximum Gasteiger partial charge on any atom is 0.333 e. The molecule has 8 nitrogen and oxygen atoms in total. The fourth-order valence-corrected chi connectivity index (χ4v) is 5.31. The van der Waals surface area contributed by atoms with Crippen molar-refractivity contribution in [1.82, 2.24) is 0 Å². The number of fused-ring (bicyclic) bond motifs is 2. The van der Waals surface area contributed by atoms with Crippen LogP contribution in [0.3, 0.4) is 0 Å². The van der Waals surface area contributed by atoms with Gasteiger partial charge in [0.2, 0.25) is 0 Å². The van der Waals surface area contributed by atoms with Crippen LogP contribution in [-0.4, -0.2) is 48.4 Å². The van der Waals surface area contributed by atoms with Crippen molar-refractivity contribution < 1.29 is 38.4 Å². The summed E-state index contributed by atoms with van der Waals surface area (Å²) in [4.78, 5) is 36.9. The monoisotopic (exact) mass is 620 g/mol. The van der Waals surface area contributed by atoms with Gasteiger partial charge in [0.25, 0.3) is 0 Å². The lowest BCUT2D eigenvalue weighted by atomic mass is 9.87. The van der Waals surface area contributed by atoms with Gasteiger partial charge in [-0.15, -0.1) is 0 Å². The molecule has 1 aliphatic rings. The summed E-state index contributed by atoms with van der Waals surface area (Å²) in [5.41, 5.74) is 2.47. The molecule has 244 valence electrons. The summed E-state index contributed by atoms with van der Waals surface area (Å²) >= 11 is 0. The van der Waals surface area contributed by atoms with Crippen molar-refractivity contribution in [2.24, 2.45) is 0 Å². The molecule has 1 aliphatic carbocycles. The van der Waals surface area contributed by atoms with Gasteiger partial charge in [-0.3, -0.25) is 0 Å². The van der Waals surface area contributed by atoms with Crippen LogP contribution in [0.25, 0.3) is 10.8 Å². The molecule has 2 unspecified atom stereocenters. The van der Waals surface area contributed by atoms with E-state index in [0.29, 0.717) is 41.9 Å². The number of aliphatic carboxylic acids is 1. The van der Waals surface area contributed by atoms with Gasteiger partial charge in [-0.1, -0.05) is 83.0 Å². The van der Waals surface area contributed by atoms with E-state index in [9.17, 15) is 19.5 Å². The zero-order valence-corrected chi connectivity index (χ0v) is 27.2. The second kappa shape index (κ2) is 17.4. The van der Waals surface area contributed by atoms with E-state index in [1.807, 2.05) is 24.3 Å². The minimum absolute atomic E-state index is 0.113. The molecular weight excluding hydrogens is 572 g/mol. The number of carboxylic acids is 1. The molecule has 0 radical (unpaired) electrons. The summed E-state index contributed by atoms with van der Waals surface area (Å²) in [6.07, 6.45) is 8.36. The minimum atomic E-state index is -0.988. The molecule has 0 fully saturated rings. The smallest absolute Gasteiger partial charge is 0.333 e. The van der Waals surface area contributed by atoms with Crippen LogP contribution in [-0.2, 0) is 36.7 Å². The van der Waals surface area contributed by atoms with E-state index >= 15 is 0 Å². The van der Waals surface area contributed by atoms with Crippen molar-refractivity contribution in [1.29, 1.82) is 0 Å². The molecule has 0 aromatic heterocycles. The van der Waals surface area contributed by atoms with E-state index in [2.05, 4.69) is 27.0 Å². The van der Waals surface area contributed by atoms with Crippen LogP contribution in [0.5, 0.6) is 11.5 Å². The first-order chi connectivity index (χ1) is 21.6. The van der Waals surface area contributed by atoms with E-state index in [4.69, 9.17) is 18.9 Å². The quantitative estimate of drug-likeness (QED) is 0.0961. The molecule has 8 heteroatoms. The number of carbonyl (C=O) groups excluding carboxylic acids is 2. The predicted octanol–water partition coefficient (Wildman–Crippen LogP) is 7.84. The SMILES string of the molecule is C=C(C)C(=O)OC(CCCCC)COc1c2c(c(OCC(CCCCC)OC(=O)C(=C)C)c3ccccc13)CC(C(=O)O)=CC2. The highest BCUT2D eigenvalue weighted by atomic mass is 16.6. The average molecular weight is 621 g/mol. The Kier molecular flexibility index (Phi) is 13.7. The molecule has 2 aromatic carbocycles. The molecule has 0 bridgehead atoms. The topological polar surface area (TPSA) is 108 Å². The summed E-state index contributed by atoms with van der Waals surface area (Å²) in [5.74, 6) is -0.732. The van der Waals surface area contributed by atoms with Crippen molar-refractivity contribution in [3.05, 3.63) is 71.3 Å². The van der Waals surface area contributed by atoms with Crippen LogP contribution in [0, 0.1) is 0 Å². The van der Waals surface area contributed by atoms with Gasteiger partial charge in [0.15, 0.2) is 0 Å². The van der Waals surface area contributed by atoms with Gasteiger partial charge in [-0.2, -0.15) is 0 Å². The number of hydrogen-bond acceptors (Lipinski definition) is 7. The lowest BCUT2D eigenvalue weighted by Crippen LogP contribution is -2.27. The van der Waals surface area contributed by atoms with E-state index in [1.165, 1.54) is 0 Å². The molecule has 0 saturated heterocycles. The van der Waals surface area contributed by atoms with E-state index in [0.717, 1.165) is 60.4 Å². The third-order valence-corrected chi connectivity index (χ3v) is 7.85. The highest BCUT2D eigenvalue weighted by molar-refractivity contribution is 5.98. The number of unbranched alkanes of at least 4 members (excludes halogenated alkanes) is 4. The lowest BCUT2D eigenvalue weighted by Gasteiger charge is -2.27. The number of ether oxygens (including phenoxy) is 4. The summed E-state index contributed by atoms with van der Waals surface area (Å²) < 4.78 is 24.4. The Labute approximate surface area is 267 Å². The summed E-state index contributed by atoms with van der Waals surface area (Å²) in [6.45, 7) is 15.1. The number of carboxylic acid groups (broad SMARTS) is 1. The van der Waals surface area contributed by atoms with Crippen molar-refractivity contribution >= 4 is 28.7 Å². The van der Waals surface area contributed by atoms with Gasteiger partial charge in [0.05, 0.1) is 0 Å². The summed E-state index contributed by atoms with van der Waals surface area (Å²) in [6, 6.07) is 7.67. The van der Waals surface area contributed by atoms with Crippen molar-refractivity contribution in [3.63, 3.8) is 0 Å². The molecule has 0 heterocycles. The minimum Gasteiger partial charge on any atom is -0.489 e. The number of rotatable bonds is 19. The molecule has 45 heavy (non-hydrogen) atoms. The van der Waals surface area contributed by atoms with Crippen molar-refractivity contribution in [2.45, 2.75) is 104 Å². The molecule has 0 aliphatic heterocycles. The van der Waals surface area contributed by atoms with Crippen LogP contribution in [0.2, 0.25) is 0 Å². The molecule has 2 aromatic rings. The first-order valence-electron chi connectivity index (χ1n) is 16.0. The third-order valence-electron chi connectivity index (χ3n) is 7.85. The molecule has 3 rings (SSSR count). The van der Waals surface area contributed by atoms with Gasteiger partial charge >= 0.3 is 17.9 Å². The molecular formula is C37H48O8. The van der Waals surface area contributed by atoms with Gasteiger partial charge in [-0.05, 0) is 46.0 Å². The Morgan fingerprint density at radius 2 is 1.24 bits per heavy atom. The Morgan fingerprint density at radius 3 is 1.67 bits per heavy atom. The largest absolute Gasteiger partial charge is 0.489 e. The van der Waals surface area contributed by atoms with E-state index < -0.39 is 30.1 Å². The lowest BCUT2D eigenvalue weighted by molar-refractivity contribution is -0.147. The van der Waals surface area contributed by atoms with E-state index in [1.54, 1.807) is 19.9 Å². The predicted molar refractivity (Wildman–Crippen MR) is 176 cm³/mol. The second-order valence-corrected chi connectivity index (χ2v) is 11.8. The van der Waals surface area contributed by atoms with Gasteiger partial charge in [0.1, 0.15) is 36.9 Å². The summed E-state index contributed by atoms with van der Waals surface area (Å²) in [5, 5.41) is 11.4. The van der Waals surface area contributed by atoms with E-state index in [-0.39, 0.29) is 25.2 Å². The zero-order valence-electron chi connectivity index (χ0n) is 27.2. The highest BCUT2D eigenvalue weighted by Gasteiger charge is 2.28. The fraction of sp³-hybridized carbons (Fsp3) is 0.486. The maximum atomic E-state index is 12.4. The third kappa shape index (κ3) is 9.96. The van der Waals surface area contributed by atoms with Crippen LogP contribution in [0.1, 0.15) is 90.2 Å². The highest BCUT2D eigenvalue weighted by Crippen LogP contribution is 2.44. The maximum absolute atomic E-state index is 12.4. The van der Waals surface area contributed by atoms with Gasteiger partial charge in [-0.25, -0.2) is 14.4 Å². The molecule has 0 amide bonds. The Morgan fingerprint density at radius 1 is 0.778 bits per heavy atom. The zero-order chi connectivity index (χ0) is 32.9. The van der Waals surface area contributed by atoms with Gasteiger partial charge < -0.3 is 24.1 Å². The van der Waals surface area contributed by atoms with Crippen LogP contribution < -0.4 is 9.47 Å². The van der Waals surface area contributed by atoms with Crippen LogP contribution in [0.15, 0.2) is 60.2 Å². The molecule has 0 saturated carbocycles. The number of hydrogen-bond donors (Lipinski definition) is 1.